The highest BCUT2D eigenvalue weighted by Crippen LogP contribution is 2.41. The van der Waals surface area contributed by atoms with Crippen molar-refractivity contribution in [2.45, 2.75) is 26.2 Å². The van der Waals surface area contributed by atoms with Gasteiger partial charge in [0.1, 0.15) is 20.7 Å². The molecule has 0 radical (unpaired) electrons. The smallest absolute Gasteiger partial charge is 0.341 e. The second kappa shape index (κ2) is 9.20. The average Bonchev–Trinajstić information content (AvgIpc) is 3.42. The highest BCUT2D eigenvalue weighted by atomic mass is 32.1. The number of halogens is 1. The first-order chi connectivity index (χ1) is 15.8. The largest absolute Gasteiger partial charge is 0.462 e. The van der Waals surface area contributed by atoms with E-state index < -0.39 is 23.6 Å². The molecule has 0 spiro atoms. The number of primary amides is 1. The molecule has 0 saturated heterocycles. The lowest BCUT2D eigenvalue weighted by Gasteiger charge is -2.07. The fourth-order valence-corrected chi connectivity index (χ4v) is 5.99. The zero-order valence-corrected chi connectivity index (χ0v) is 19.3. The molecule has 2 aromatic heterocycles. The number of thiophene rings is 2. The van der Waals surface area contributed by atoms with Crippen LogP contribution in [-0.4, -0.2) is 24.4 Å². The van der Waals surface area contributed by atoms with Crippen LogP contribution in [0.25, 0.3) is 0 Å². The van der Waals surface area contributed by atoms with E-state index in [0.717, 1.165) is 41.0 Å². The summed E-state index contributed by atoms with van der Waals surface area (Å²) in [4.78, 5) is 38.8. The van der Waals surface area contributed by atoms with Crippen LogP contribution in [0.4, 0.5) is 25.8 Å². The van der Waals surface area contributed by atoms with Crippen molar-refractivity contribution in [1.29, 1.82) is 0 Å². The van der Waals surface area contributed by atoms with E-state index in [9.17, 15) is 18.8 Å². The topological polar surface area (TPSA) is 137 Å². The van der Waals surface area contributed by atoms with Gasteiger partial charge in [0.15, 0.2) is 0 Å². The van der Waals surface area contributed by atoms with Crippen molar-refractivity contribution in [2.24, 2.45) is 5.73 Å². The van der Waals surface area contributed by atoms with Crippen molar-refractivity contribution in [3.05, 3.63) is 56.5 Å². The number of anilines is 4. The van der Waals surface area contributed by atoms with Crippen LogP contribution < -0.4 is 22.1 Å². The lowest BCUT2D eigenvalue weighted by Crippen LogP contribution is -2.17. The highest BCUT2D eigenvalue weighted by Gasteiger charge is 2.30. The predicted octanol–water partition coefficient (Wildman–Crippen LogP) is 4.29. The molecule has 1 aliphatic rings. The summed E-state index contributed by atoms with van der Waals surface area (Å²) in [6.07, 6.45) is 2.52. The van der Waals surface area contributed by atoms with E-state index >= 15 is 0 Å². The standard InChI is InChI=1S/C22H21FN4O4S2/c1-2-31-22(30)14-12-4-3-5-13(12)32-20(14)27-19(29)17-16(24)15(18(25)28)21(33-17)26-11-8-6-10(23)7-9-11/h6-9,26H,2-5,24H2,1H3,(H2,25,28)(H,27,29). The number of carbonyl (C=O) groups is 3. The fourth-order valence-electron chi connectivity index (χ4n) is 3.68. The van der Waals surface area contributed by atoms with Crippen molar-refractivity contribution >= 4 is 61.8 Å². The molecular formula is C22H21FN4O4S2. The van der Waals surface area contributed by atoms with Gasteiger partial charge in [-0.25, -0.2) is 9.18 Å². The molecule has 4 rings (SSSR count). The monoisotopic (exact) mass is 488 g/mol. The van der Waals surface area contributed by atoms with Gasteiger partial charge in [-0.2, -0.15) is 0 Å². The van der Waals surface area contributed by atoms with E-state index in [2.05, 4.69) is 10.6 Å². The minimum atomic E-state index is -0.810. The molecule has 0 aliphatic heterocycles. The SMILES string of the molecule is CCOC(=O)c1c(NC(=O)c2sc(Nc3ccc(F)cc3)c(C(N)=O)c2N)sc2c1CCC2. The number of rotatable bonds is 7. The van der Waals surface area contributed by atoms with Gasteiger partial charge >= 0.3 is 5.97 Å². The van der Waals surface area contributed by atoms with Gasteiger partial charge in [-0.15, -0.1) is 22.7 Å². The Balaban J connectivity index is 1.66. The number of hydrogen-bond acceptors (Lipinski definition) is 8. The lowest BCUT2D eigenvalue weighted by molar-refractivity contribution is 0.0527. The Bertz CT molecular complexity index is 1250. The van der Waals surface area contributed by atoms with Crippen molar-refractivity contribution in [2.75, 3.05) is 23.0 Å². The van der Waals surface area contributed by atoms with Crippen LogP contribution in [0.3, 0.4) is 0 Å². The minimum absolute atomic E-state index is 0.0336. The maximum Gasteiger partial charge on any atom is 0.341 e. The normalized spacial score (nSPS) is 12.3. The number of fused-ring (bicyclic) bond motifs is 1. The Morgan fingerprint density at radius 2 is 1.82 bits per heavy atom. The average molecular weight is 489 g/mol. The number of aryl methyl sites for hydroxylation is 1. The van der Waals surface area contributed by atoms with Crippen LogP contribution >= 0.6 is 22.7 Å². The molecule has 0 atom stereocenters. The van der Waals surface area contributed by atoms with E-state index in [1.165, 1.54) is 35.6 Å². The van der Waals surface area contributed by atoms with Crippen LogP contribution in [0, 0.1) is 5.82 Å². The quantitative estimate of drug-likeness (QED) is 0.366. The van der Waals surface area contributed by atoms with Crippen LogP contribution in [0.2, 0.25) is 0 Å². The summed E-state index contributed by atoms with van der Waals surface area (Å²) >= 11 is 2.28. The van der Waals surface area contributed by atoms with Crippen molar-refractivity contribution < 1.29 is 23.5 Å². The molecule has 11 heteroatoms. The molecule has 2 amide bonds. The number of esters is 1. The third kappa shape index (κ3) is 4.41. The Labute approximate surface area is 196 Å². The third-order valence-corrected chi connectivity index (χ3v) is 7.45. The second-order valence-corrected chi connectivity index (χ2v) is 9.41. The molecule has 1 aromatic carbocycles. The van der Waals surface area contributed by atoms with Crippen LogP contribution in [0.1, 0.15) is 54.2 Å². The minimum Gasteiger partial charge on any atom is -0.462 e. The first-order valence-electron chi connectivity index (χ1n) is 10.2. The van der Waals surface area contributed by atoms with E-state index in [1.54, 1.807) is 6.92 Å². The first-order valence-corrected chi connectivity index (χ1v) is 11.8. The molecule has 172 valence electrons. The summed E-state index contributed by atoms with van der Waals surface area (Å²) < 4.78 is 18.4. The number of nitrogens with two attached hydrogens (primary N) is 2. The number of hydrogen-bond donors (Lipinski definition) is 4. The van der Waals surface area contributed by atoms with Crippen LogP contribution in [0.5, 0.6) is 0 Å². The summed E-state index contributed by atoms with van der Waals surface area (Å²) in [6, 6.07) is 5.47. The van der Waals surface area contributed by atoms with Crippen LogP contribution in [0.15, 0.2) is 24.3 Å². The molecule has 6 N–H and O–H groups in total. The van der Waals surface area contributed by atoms with Gasteiger partial charge < -0.3 is 26.8 Å². The summed E-state index contributed by atoms with van der Waals surface area (Å²) in [5, 5.41) is 6.38. The van der Waals surface area contributed by atoms with Gasteiger partial charge in [-0.05, 0) is 56.0 Å². The summed E-state index contributed by atoms with van der Waals surface area (Å²) in [7, 11) is 0. The van der Waals surface area contributed by atoms with E-state index in [0.29, 0.717) is 16.3 Å². The molecule has 1 aliphatic carbocycles. The van der Waals surface area contributed by atoms with Gasteiger partial charge in [0, 0.05) is 10.6 Å². The predicted molar refractivity (Wildman–Crippen MR) is 127 cm³/mol. The number of carbonyl (C=O) groups excluding carboxylic acids is 3. The van der Waals surface area contributed by atoms with E-state index in [-0.39, 0.29) is 27.7 Å². The number of nitrogens with one attached hydrogen (secondary N) is 2. The van der Waals surface area contributed by atoms with E-state index in [4.69, 9.17) is 16.2 Å². The first kappa shape index (κ1) is 22.7. The fraction of sp³-hybridized carbons (Fsp3) is 0.227. The Hall–Kier alpha value is -3.44. The summed E-state index contributed by atoms with van der Waals surface area (Å²) in [6.45, 7) is 1.94. The zero-order chi connectivity index (χ0) is 23.7. The molecular weight excluding hydrogens is 467 g/mol. The molecule has 0 fully saturated rings. The second-order valence-electron chi connectivity index (χ2n) is 7.28. The molecule has 33 heavy (non-hydrogen) atoms. The lowest BCUT2D eigenvalue weighted by atomic mass is 10.1. The number of amides is 2. The number of ether oxygens (including phenoxy) is 1. The molecule has 0 bridgehead atoms. The number of benzene rings is 1. The van der Waals surface area contributed by atoms with E-state index in [1.807, 2.05) is 0 Å². The Morgan fingerprint density at radius 3 is 2.48 bits per heavy atom. The maximum atomic E-state index is 13.2. The van der Waals surface area contributed by atoms with Gasteiger partial charge in [0.25, 0.3) is 11.8 Å². The van der Waals surface area contributed by atoms with Crippen LogP contribution in [-0.2, 0) is 17.6 Å². The van der Waals surface area contributed by atoms with Gasteiger partial charge in [-0.3, -0.25) is 9.59 Å². The Kier molecular flexibility index (Phi) is 6.34. The third-order valence-electron chi connectivity index (χ3n) is 5.13. The van der Waals surface area contributed by atoms with Crippen molar-refractivity contribution in [1.82, 2.24) is 0 Å². The Morgan fingerprint density at radius 1 is 1.09 bits per heavy atom. The summed E-state index contributed by atoms with van der Waals surface area (Å²) in [5.41, 5.74) is 13.3. The molecule has 0 saturated carbocycles. The van der Waals surface area contributed by atoms with Crippen molar-refractivity contribution in [3.8, 4) is 0 Å². The van der Waals surface area contributed by atoms with Gasteiger partial charge in [-0.1, -0.05) is 0 Å². The molecule has 2 heterocycles. The number of nitrogen functional groups attached to an aromatic ring is 1. The van der Waals surface area contributed by atoms with Gasteiger partial charge in [0.05, 0.1) is 23.4 Å². The highest BCUT2D eigenvalue weighted by molar-refractivity contribution is 7.19. The molecule has 8 nitrogen and oxygen atoms in total. The molecule has 0 unspecified atom stereocenters. The van der Waals surface area contributed by atoms with Gasteiger partial charge in [0.2, 0.25) is 0 Å². The summed E-state index contributed by atoms with van der Waals surface area (Å²) in [5.74, 6) is -2.28. The van der Waals surface area contributed by atoms with Crippen molar-refractivity contribution in [3.63, 3.8) is 0 Å². The molecule has 3 aromatic rings. The zero-order valence-electron chi connectivity index (χ0n) is 17.6. The maximum absolute atomic E-state index is 13.2.